The van der Waals surface area contributed by atoms with Crippen LogP contribution in [-0.2, 0) is 10.0 Å². The molecule has 2 aliphatic rings. The summed E-state index contributed by atoms with van der Waals surface area (Å²) in [5.74, 6) is 0.764. The van der Waals surface area contributed by atoms with Crippen LogP contribution in [0.15, 0.2) is 10.4 Å². The van der Waals surface area contributed by atoms with Crippen molar-refractivity contribution in [1.82, 2.24) is 4.98 Å². The fourth-order valence-corrected chi connectivity index (χ4v) is 4.78. The van der Waals surface area contributed by atoms with Gasteiger partial charge in [0.1, 0.15) is 0 Å². The molecule has 3 rings (SSSR count). The predicted molar refractivity (Wildman–Crippen MR) is 71.2 cm³/mol. The zero-order valence-corrected chi connectivity index (χ0v) is 11.7. The van der Waals surface area contributed by atoms with Gasteiger partial charge in [0.05, 0.1) is 6.20 Å². The van der Waals surface area contributed by atoms with E-state index in [9.17, 15) is 8.42 Å². The standard InChI is InChI=1S/C11H17N3O2S2/c12-18(15,16)10-7-13-11(17-10)14-6-5-8-3-1-2-4-9(8)14/h7-9H,1-6H2,(H2,12,15,16). The van der Waals surface area contributed by atoms with Crippen molar-refractivity contribution in [2.24, 2.45) is 11.1 Å². The van der Waals surface area contributed by atoms with Crippen LogP contribution >= 0.6 is 11.3 Å². The van der Waals surface area contributed by atoms with E-state index >= 15 is 0 Å². The average Bonchev–Trinajstić information content (AvgIpc) is 2.94. The highest BCUT2D eigenvalue weighted by Crippen LogP contribution is 2.40. The average molecular weight is 287 g/mol. The molecule has 2 heterocycles. The minimum absolute atomic E-state index is 0.164. The first-order valence-electron chi connectivity index (χ1n) is 6.31. The number of sulfonamides is 1. The highest BCUT2D eigenvalue weighted by molar-refractivity contribution is 7.91. The van der Waals surface area contributed by atoms with Gasteiger partial charge in [-0.05, 0) is 25.2 Å². The Hall–Kier alpha value is -0.660. The summed E-state index contributed by atoms with van der Waals surface area (Å²) in [4.78, 5) is 6.52. The molecule has 7 heteroatoms. The fourth-order valence-electron chi connectivity index (χ4n) is 3.16. The van der Waals surface area contributed by atoms with Crippen LogP contribution in [0.4, 0.5) is 5.13 Å². The molecule has 0 bridgehead atoms. The summed E-state index contributed by atoms with van der Waals surface area (Å²) in [7, 11) is -3.61. The summed E-state index contributed by atoms with van der Waals surface area (Å²) in [6, 6.07) is 0.554. The van der Waals surface area contributed by atoms with Crippen molar-refractivity contribution in [2.75, 3.05) is 11.4 Å². The zero-order chi connectivity index (χ0) is 12.8. The van der Waals surface area contributed by atoms with Crippen LogP contribution in [0.1, 0.15) is 32.1 Å². The third-order valence-corrected chi connectivity index (χ3v) is 6.45. The largest absolute Gasteiger partial charge is 0.345 e. The Morgan fingerprint density at radius 1 is 1.33 bits per heavy atom. The molecule has 0 aromatic carbocycles. The maximum absolute atomic E-state index is 11.3. The third kappa shape index (κ3) is 2.15. The number of thiazole rings is 1. The van der Waals surface area contributed by atoms with E-state index in [1.54, 1.807) is 0 Å². The summed E-state index contributed by atoms with van der Waals surface area (Å²) in [5.41, 5.74) is 0. The Morgan fingerprint density at radius 2 is 2.11 bits per heavy atom. The number of primary sulfonamides is 1. The number of anilines is 1. The van der Waals surface area contributed by atoms with Gasteiger partial charge in [-0.15, -0.1) is 0 Å². The Bertz CT molecular complexity index is 540. The molecule has 1 saturated carbocycles. The van der Waals surface area contributed by atoms with E-state index < -0.39 is 10.0 Å². The van der Waals surface area contributed by atoms with Crippen LogP contribution < -0.4 is 10.0 Å². The van der Waals surface area contributed by atoms with Gasteiger partial charge in [0, 0.05) is 12.6 Å². The smallest absolute Gasteiger partial charge is 0.249 e. The molecule has 0 radical (unpaired) electrons. The van der Waals surface area contributed by atoms with Gasteiger partial charge in [-0.3, -0.25) is 0 Å². The van der Waals surface area contributed by atoms with Crippen molar-refractivity contribution >= 4 is 26.5 Å². The molecule has 2 unspecified atom stereocenters. The van der Waals surface area contributed by atoms with Gasteiger partial charge >= 0.3 is 0 Å². The number of nitrogens with two attached hydrogens (primary N) is 1. The molecule has 18 heavy (non-hydrogen) atoms. The number of hydrogen-bond donors (Lipinski definition) is 1. The molecule has 1 aliphatic carbocycles. The van der Waals surface area contributed by atoms with Crippen LogP contribution in [0.5, 0.6) is 0 Å². The van der Waals surface area contributed by atoms with E-state index in [0.717, 1.165) is 17.6 Å². The van der Waals surface area contributed by atoms with E-state index in [2.05, 4.69) is 9.88 Å². The molecule has 0 spiro atoms. The number of nitrogens with zero attached hydrogens (tertiary/aromatic N) is 2. The highest BCUT2D eigenvalue weighted by Gasteiger charge is 2.37. The molecule has 5 nitrogen and oxygen atoms in total. The lowest BCUT2D eigenvalue weighted by molar-refractivity contribution is 0.342. The second-order valence-corrected chi connectivity index (χ2v) is 7.90. The highest BCUT2D eigenvalue weighted by atomic mass is 32.2. The van der Waals surface area contributed by atoms with Crippen molar-refractivity contribution in [3.63, 3.8) is 0 Å². The molecule has 1 aliphatic heterocycles. The molecule has 100 valence electrons. The van der Waals surface area contributed by atoms with Gasteiger partial charge in [0.15, 0.2) is 9.34 Å². The molecule has 2 fully saturated rings. The van der Waals surface area contributed by atoms with E-state index in [1.165, 1.54) is 49.6 Å². The topological polar surface area (TPSA) is 76.3 Å². The fraction of sp³-hybridized carbons (Fsp3) is 0.727. The van der Waals surface area contributed by atoms with Crippen LogP contribution in [-0.4, -0.2) is 26.0 Å². The lowest BCUT2D eigenvalue weighted by atomic mass is 9.85. The van der Waals surface area contributed by atoms with Crippen molar-refractivity contribution in [3.05, 3.63) is 6.20 Å². The quantitative estimate of drug-likeness (QED) is 0.895. The Kier molecular flexibility index (Phi) is 3.07. The third-order valence-electron chi connectivity index (χ3n) is 4.01. The number of rotatable bonds is 2. The first-order valence-corrected chi connectivity index (χ1v) is 8.67. The molecule has 0 amide bonds. The van der Waals surface area contributed by atoms with Gasteiger partial charge < -0.3 is 4.90 Å². The van der Waals surface area contributed by atoms with Gasteiger partial charge in [-0.2, -0.15) is 0 Å². The normalized spacial score (nSPS) is 28.4. The maximum atomic E-state index is 11.3. The summed E-state index contributed by atoms with van der Waals surface area (Å²) in [6.07, 6.45) is 7.68. The maximum Gasteiger partial charge on any atom is 0.249 e. The van der Waals surface area contributed by atoms with Gasteiger partial charge in [0.2, 0.25) is 10.0 Å². The van der Waals surface area contributed by atoms with Crippen molar-refractivity contribution in [3.8, 4) is 0 Å². The van der Waals surface area contributed by atoms with E-state index in [1.807, 2.05) is 0 Å². The van der Waals surface area contributed by atoms with Crippen LogP contribution in [0.2, 0.25) is 0 Å². The minimum Gasteiger partial charge on any atom is -0.345 e. The summed E-state index contributed by atoms with van der Waals surface area (Å²) >= 11 is 1.19. The second-order valence-electron chi connectivity index (χ2n) is 5.10. The van der Waals surface area contributed by atoms with Crippen LogP contribution in [0, 0.1) is 5.92 Å². The molecule has 1 aromatic heterocycles. The van der Waals surface area contributed by atoms with E-state index in [4.69, 9.17) is 5.14 Å². The number of aromatic nitrogens is 1. The second kappa shape index (κ2) is 4.47. The van der Waals surface area contributed by atoms with Crippen molar-refractivity contribution < 1.29 is 8.42 Å². The lowest BCUT2D eigenvalue weighted by Crippen LogP contribution is -2.34. The molecular formula is C11H17N3O2S2. The summed E-state index contributed by atoms with van der Waals surface area (Å²) < 4.78 is 22.7. The lowest BCUT2D eigenvalue weighted by Gasteiger charge is -2.31. The Morgan fingerprint density at radius 3 is 2.83 bits per heavy atom. The SMILES string of the molecule is NS(=O)(=O)c1cnc(N2CCC3CCCCC32)s1. The number of hydrogen-bond acceptors (Lipinski definition) is 5. The summed E-state index contributed by atoms with van der Waals surface area (Å²) in [5, 5.41) is 5.94. The molecule has 1 aromatic rings. The Balaban J connectivity index is 1.85. The predicted octanol–water partition coefficient (Wildman–Crippen LogP) is 1.56. The van der Waals surface area contributed by atoms with Gasteiger partial charge in [-0.1, -0.05) is 24.2 Å². The van der Waals surface area contributed by atoms with E-state index in [-0.39, 0.29) is 4.21 Å². The van der Waals surface area contributed by atoms with Crippen molar-refractivity contribution in [2.45, 2.75) is 42.4 Å². The first-order chi connectivity index (χ1) is 8.55. The zero-order valence-electron chi connectivity index (χ0n) is 10.1. The number of fused-ring (bicyclic) bond motifs is 1. The van der Waals surface area contributed by atoms with Crippen molar-refractivity contribution in [1.29, 1.82) is 0 Å². The molecule has 2 atom stereocenters. The minimum atomic E-state index is -3.61. The van der Waals surface area contributed by atoms with Crippen LogP contribution in [0.3, 0.4) is 0 Å². The Labute approximate surface area is 111 Å². The van der Waals surface area contributed by atoms with Gasteiger partial charge in [-0.25, -0.2) is 18.5 Å². The van der Waals surface area contributed by atoms with Crippen LogP contribution in [0.25, 0.3) is 0 Å². The molecule has 2 N–H and O–H groups in total. The van der Waals surface area contributed by atoms with E-state index in [0.29, 0.717) is 6.04 Å². The molecule has 1 saturated heterocycles. The monoisotopic (exact) mass is 287 g/mol. The first kappa shape index (κ1) is 12.4. The summed E-state index contributed by atoms with van der Waals surface area (Å²) in [6.45, 7) is 0.993. The van der Waals surface area contributed by atoms with Gasteiger partial charge in [0.25, 0.3) is 0 Å². The molecular weight excluding hydrogens is 270 g/mol.